The molecule has 22 heavy (non-hydrogen) atoms. The number of rotatable bonds is 2. The largest absolute Gasteiger partial charge is 0.393 e. The van der Waals surface area contributed by atoms with Crippen LogP contribution in [-0.4, -0.2) is 11.9 Å². The van der Waals surface area contributed by atoms with Crippen LogP contribution in [0.2, 0.25) is 0 Å². The molecule has 0 spiro atoms. The highest BCUT2D eigenvalue weighted by atomic mass is 16.6. The maximum absolute atomic E-state index is 12.0. The van der Waals surface area contributed by atoms with Gasteiger partial charge in [0.2, 0.25) is 0 Å². The fourth-order valence-corrected chi connectivity index (χ4v) is 3.23. The predicted octanol–water partition coefficient (Wildman–Crippen LogP) is 4.09. The Morgan fingerprint density at radius 3 is 2.41 bits per heavy atom. The van der Waals surface area contributed by atoms with Crippen LogP contribution in [0.4, 0.5) is 0 Å². The second kappa shape index (κ2) is 5.24. The molecule has 0 bridgehead atoms. The fourth-order valence-electron chi connectivity index (χ4n) is 3.23. The van der Waals surface area contributed by atoms with Gasteiger partial charge in [0.25, 0.3) is 0 Å². The Hall–Kier alpha value is -2.16. The third kappa shape index (κ3) is 2.31. The van der Waals surface area contributed by atoms with E-state index in [0.717, 1.165) is 27.8 Å². The summed E-state index contributed by atoms with van der Waals surface area (Å²) in [5.74, 6) is -0.882. The van der Waals surface area contributed by atoms with Crippen molar-refractivity contribution < 1.29 is 14.3 Å². The van der Waals surface area contributed by atoms with Crippen molar-refractivity contribution in [1.82, 2.24) is 0 Å². The van der Waals surface area contributed by atoms with Crippen molar-refractivity contribution in [3.05, 3.63) is 46.5 Å². The number of hydrogen-bond acceptors (Lipinski definition) is 3. The quantitative estimate of drug-likeness (QED) is 0.619. The summed E-state index contributed by atoms with van der Waals surface area (Å²) >= 11 is 0. The van der Waals surface area contributed by atoms with Gasteiger partial charge in [0.1, 0.15) is 0 Å². The maximum Gasteiger partial charge on any atom is 0.321 e. The van der Waals surface area contributed by atoms with E-state index in [9.17, 15) is 9.59 Å². The van der Waals surface area contributed by atoms with E-state index in [-0.39, 0.29) is 6.42 Å². The summed E-state index contributed by atoms with van der Waals surface area (Å²) in [4.78, 5) is 23.4. The van der Waals surface area contributed by atoms with Crippen LogP contribution in [0.5, 0.6) is 0 Å². The van der Waals surface area contributed by atoms with Gasteiger partial charge in [-0.25, -0.2) is 0 Å². The molecule has 3 nitrogen and oxygen atoms in total. The molecule has 1 atom stereocenters. The monoisotopic (exact) mass is 296 g/mol. The van der Waals surface area contributed by atoms with Gasteiger partial charge in [-0.3, -0.25) is 9.59 Å². The minimum Gasteiger partial charge on any atom is -0.393 e. The number of hydrogen-bond donors (Lipinski definition) is 0. The third-order valence-electron chi connectivity index (χ3n) is 4.50. The van der Waals surface area contributed by atoms with Gasteiger partial charge < -0.3 is 4.74 Å². The van der Waals surface area contributed by atoms with E-state index in [0.29, 0.717) is 5.92 Å². The van der Waals surface area contributed by atoms with Crippen molar-refractivity contribution in [2.75, 3.05) is 0 Å². The van der Waals surface area contributed by atoms with Crippen LogP contribution in [0.15, 0.2) is 24.3 Å². The Morgan fingerprint density at radius 2 is 1.82 bits per heavy atom. The standard InChI is InChI=1S/C19H20O3/c1-10(2)13-6-5-11(3)18-14(8-13)12(4)7-15(18)16-9-17(20)22-19(16)21/h5-8,10,16H,9H2,1-4H3. The second-order valence-corrected chi connectivity index (χ2v) is 6.44. The Morgan fingerprint density at radius 1 is 1.09 bits per heavy atom. The summed E-state index contributed by atoms with van der Waals surface area (Å²) in [7, 11) is 0. The number of esters is 2. The highest BCUT2D eigenvalue weighted by Crippen LogP contribution is 2.42. The van der Waals surface area contributed by atoms with Crippen molar-refractivity contribution in [3.63, 3.8) is 0 Å². The molecule has 0 amide bonds. The first-order valence-corrected chi connectivity index (χ1v) is 7.66. The molecule has 1 aliphatic heterocycles. The Labute approximate surface area is 130 Å². The Bertz CT molecular complexity index is 743. The van der Waals surface area contributed by atoms with Gasteiger partial charge in [0, 0.05) is 0 Å². The topological polar surface area (TPSA) is 43.4 Å². The molecule has 0 radical (unpaired) electrons. The third-order valence-corrected chi connectivity index (χ3v) is 4.50. The summed E-state index contributed by atoms with van der Waals surface area (Å²) in [5.41, 5.74) is 6.69. The lowest BCUT2D eigenvalue weighted by Gasteiger charge is -2.08. The molecule has 2 aliphatic carbocycles. The summed E-state index contributed by atoms with van der Waals surface area (Å²) in [6.07, 6.45) is 0.145. The van der Waals surface area contributed by atoms with Gasteiger partial charge in [-0.05, 0) is 53.1 Å². The lowest BCUT2D eigenvalue weighted by molar-refractivity contribution is -0.152. The smallest absolute Gasteiger partial charge is 0.321 e. The zero-order valence-electron chi connectivity index (χ0n) is 13.4. The molecule has 0 N–H and O–H groups in total. The molecule has 0 saturated carbocycles. The van der Waals surface area contributed by atoms with Crippen LogP contribution in [0.25, 0.3) is 11.1 Å². The Kier molecular flexibility index (Phi) is 3.51. The van der Waals surface area contributed by atoms with Crippen LogP contribution in [0.1, 0.15) is 54.4 Å². The van der Waals surface area contributed by atoms with Crippen molar-refractivity contribution in [1.29, 1.82) is 0 Å². The second-order valence-electron chi connectivity index (χ2n) is 6.44. The number of ether oxygens (including phenoxy) is 1. The minimum atomic E-state index is -0.465. The van der Waals surface area contributed by atoms with Crippen LogP contribution >= 0.6 is 0 Å². The molecule has 1 saturated heterocycles. The van der Waals surface area contributed by atoms with E-state index in [1.165, 1.54) is 5.56 Å². The zero-order chi connectivity index (χ0) is 16.0. The molecule has 1 fully saturated rings. The van der Waals surface area contributed by atoms with Crippen LogP contribution in [0.3, 0.4) is 0 Å². The molecule has 3 rings (SSSR count). The number of carbonyl (C=O) groups is 2. The summed E-state index contributed by atoms with van der Waals surface area (Å²) in [5, 5.41) is 0. The zero-order valence-corrected chi connectivity index (χ0v) is 13.4. The van der Waals surface area contributed by atoms with E-state index in [1.54, 1.807) is 0 Å². The molecule has 3 aliphatic rings. The SMILES string of the molecule is Cc1cc(C2CC(=O)OC2=O)c2c(C)ccc(C(C)C)cc1-2. The number of fused-ring (bicyclic) bond motifs is 1. The van der Waals surface area contributed by atoms with E-state index < -0.39 is 17.9 Å². The lowest BCUT2D eigenvalue weighted by Crippen LogP contribution is -2.05. The molecular formula is C19H20O3. The molecule has 3 heteroatoms. The summed E-state index contributed by atoms with van der Waals surface area (Å²) in [6.45, 7) is 8.44. The summed E-state index contributed by atoms with van der Waals surface area (Å²) in [6, 6.07) is 8.48. The number of aryl methyl sites for hydroxylation is 2. The molecule has 0 aromatic rings. The van der Waals surface area contributed by atoms with E-state index >= 15 is 0 Å². The first-order chi connectivity index (χ1) is 10.4. The van der Waals surface area contributed by atoms with E-state index in [4.69, 9.17) is 4.74 Å². The summed E-state index contributed by atoms with van der Waals surface area (Å²) < 4.78 is 4.73. The van der Waals surface area contributed by atoms with E-state index in [1.807, 2.05) is 6.07 Å². The van der Waals surface area contributed by atoms with Crippen molar-refractivity contribution >= 4 is 11.9 Å². The number of cyclic esters (lactones) is 2. The van der Waals surface area contributed by atoms with Gasteiger partial charge in [-0.1, -0.05) is 38.1 Å². The average molecular weight is 296 g/mol. The van der Waals surface area contributed by atoms with Gasteiger partial charge in [0.05, 0.1) is 12.3 Å². The maximum atomic E-state index is 12.0. The van der Waals surface area contributed by atoms with Crippen molar-refractivity contribution in [2.24, 2.45) is 0 Å². The van der Waals surface area contributed by atoms with Crippen molar-refractivity contribution in [2.45, 2.75) is 46.0 Å². The predicted molar refractivity (Wildman–Crippen MR) is 85.1 cm³/mol. The number of carbonyl (C=O) groups excluding carboxylic acids is 2. The molecule has 1 heterocycles. The van der Waals surface area contributed by atoms with Crippen LogP contribution in [0, 0.1) is 13.8 Å². The van der Waals surface area contributed by atoms with Gasteiger partial charge >= 0.3 is 11.9 Å². The first-order valence-electron chi connectivity index (χ1n) is 7.66. The lowest BCUT2D eigenvalue weighted by atomic mass is 9.93. The van der Waals surface area contributed by atoms with Gasteiger partial charge in [-0.15, -0.1) is 0 Å². The highest BCUT2D eigenvalue weighted by Gasteiger charge is 2.37. The molecule has 0 aromatic carbocycles. The molecule has 0 aromatic heterocycles. The van der Waals surface area contributed by atoms with Gasteiger partial charge in [-0.2, -0.15) is 0 Å². The molecular weight excluding hydrogens is 276 g/mol. The van der Waals surface area contributed by atoms with Crippen molar-refractivity contribution in [3.8, 4) is 11.1 Å². The molecule has 1 unspecified atom stereocenters. The Balaban J connectivity index is 2.20. The van der Waals surface area contributed by atoms with E-state index in [2.05, 4.69) is 45.9 Å². The first kappa shape index (κ1) is 14.8. The molecule has 114 valence electrons. The van der Waals surface area contributed by atoms with Crippen LogP contribution < -0.4 is 0 Å². The van der Waals surface area contributed by atoms with Gasteiger partial charge in [0.15, 0.2) is 0 Å². The minimum absolute atomic E-state index is 0.145. The fraction of sp³-hybridized carbons (Fsp3) is 0.368. The normalized spacial score (nSPS) is 18.3. The van der Waals surface area contributed by atoms with Crippen LogP contribution in [-0.2, 0) is 14.3 Å². The highest BCUT2D eigenvalue weighted by molar-refractivity contribution is 5.99. The average Bonchev–Trinajstić information content (AvgIpc) is 2.86.